The Morgan fingerprint density at radius 3 is 2.71 bits per heavy atom. The van der Waals surface area contributed by atoms with E-state index < -0.39 is 6.10 Å². The molecule has 0 aromatic rings. The fraction of sp³-hybridized carbons (Fsp3) is 0.917. The highest BCUT2D eigenvalue weighted by atomic mass is 16.5. The lowest BCUT2D eigenvalue weighted by Crippen LogP contribution is -2.45. The van der Waals surface area contributed by atoms with Crippen LogP contribution in [0, 0.1) is 5.92 Å². The molecule has 0 aromatic heterocycles. The molecule has 0 saturated carbocycles. The summed E-state index contributed by atoms with van der Waals surface area (Å²) in [7, 11) is 0. The topological polar surface area (TPSA) is 70.6 Å². The van der Waals surface area contributed by atoms with Gasteiger partial charge < -0.3 is 20.5 Å². The van der Waals surface area contributed by atoms with Gasteiger partial charge in [0.25, 0.3) is 0 Å². The van der Waals surface area contributed by atoms with Crippen molar-refractivity contribution in [3.63, 3.8) is 0 Å². The first-order valence-electron chi connectivity index (χ1n) is 6.47. The van der Waals surface area contributed by atoms with E-state index in [9.17, 15) is 9.90 Å². The van der Waals surface area contributed by atoms with Crippen LogP contribution in [0.1, 0.15) is 33.1 Å². The van der Waals surface area contributed by atoms with Crippen molar-refractivity contribution < 1.29 is 14.6 Å². The maximum atomic E-state index is 11.5. The summed E-state index contributed by atoms with van der Waals surface area (Å²) >= 11 is 0. The number of urea groups is 1. The molecule has 1 aliphatic rings. The van der Waals surface area contributed by atoms with E-state index in [0.717, 1.165) is 19.3 Å². The summed E-state index contributed by atoms with van der Waals surface area (Å²) in [6, 6.07) is -0.106. The number of nitrogens with one attached hydrogen (secondary N) is 2. The smallest absolute Gasteiger partial charge is 0.315 e. The highest BCUT2D eigenvalue weighted by molar-refractivity contribution is 5.74. The quantitative estimate of drug-likeness (QED) is 0.649. The number of ether oxygens (including phenoxy) is 1. The minimum absolute atomic E-state index is 0.111. The SMILES string of the molecule is CCC(CC)C(O)CNC(=O)NC1CCOC1. The van der Waals surface area contributed by atoms with Crippen molar-refractivity contribution in [3.8, 4) is 0 Å². The fourth-order valence-corrected chi connectivity index (χ4v) is 2.08. The zero-order valence-electron chi connectivity index (χ0n) is 10.7. The van der Waals surface area contributed by atoms with Gasteiger partial charge in [-0.05, 0) is 12.3 Å². The molecule has 0 aliphatic carbocycles. The number of amides is 2. The van der Waals surface area contributed by atoms with Gasteiger partial charge in [-0.25, -0.2) is 4.79 Å². The van der Waals surface area contributed by atoms with Crippen LogP contribution in [0.2, 0.25) is 0 Å². The molecule has 100 valence electrons. The number of aliphatic hydroxyl groups excluding tert-OH is 1. The summed E-state index contributed by atoms with van der Waals surface area (Å²) in [5.41, 5.74) is 0. The van der Waals surface area contributed by atoms with Crippen LogP contribution in [-0.4, -0.2) is 43.0 Å². The van der Waals surface area contributed by atoms with Gasteiger partial charge in [0.15, 0.2) is 0 Å². The highest BCUT2D eigenvalue weighted by Crippen LogP contribution is 2.12. The number of hydrogen-bond acceptors (Lipinski definition) is 3. The van der Waals surface area contributed by atoms with Crippen molar-refractivity contribution in [3.05, 3.63) is 0 Å². The summed E-state index contributed by atoms with van der Waals surface area (Å²) in [6.45, 7) is 5.70. The lowest BCUT2D eigenvalue weighted by molar-refractivity contribution is 0.103. The van der Waals surface area contributed by atoms with Crippen molar-refractivity contribution in [2.45, 2.75) is 45.3 Å². The Bertz CT molecular complexity index is 226. The number of hydrogen-bond donors (Lipinski definition) is 3. The van der Waals surface area contributed by atoms with Gasteiger partial charge in [-0.2, -0.15) is 0 Å². The van der Waals surface area contributed by atoms with Gasteiger partial charge in [-0.1, -0.05) is 26.7 Å². The lowest BCUT2D eigenvalue weighted by Gasteiger charge is -2.21. The molecule has 1 saturated heterocycles. The molecule has 0 aromatic carbocycles. The molecule has 2 amide bonds. The Hall–Kier alpha value is -0.810. The van der Waals surface area contributed by atoms with Gasteiger partial charge in [0.2, 0.25) is 0 Å². The van der Waals surface area contributed by atoms with Gasteiger partial charge in [-0.3, -0.25) is 0 Å². The minimum atomic E-state index is -0.462. The second kappa shape index (κ2) is 7.50. The second-order valence-electron chi connectivity index (χ2n) is 4.56. The Morgan fingerprint density at radius 2 is 2.18 bits per heavy atom. The molecule has 1 aliphatic heterocycles. The third-order valence-electron chi connectivity index (χ3n) is 3.33. The van der Waals surface area contributed by atoms with Crippen LogP contribution < -0.4 is 10.6 Å². The van der Waals surface area contributed by atoms with Crippen LogP contribution in [0.3, 0.4) is 0 Å². The molecule has 5 nitrogen and oxygen atoms in total. The second-order valence-corrected chi connectivity index (χ2v) is 4.56. The fourth-order valence-electron chi connectivity index (χ4n) is 2.08. The normalized spacial score (nSPS) is 21.5. The maximum Gasteiger partial charge on any atom is 0.315 e. The van der Waals surface area contributed by atoms with E-state index in [1.807, 2.05) is 13.8 Å². The van der Waals surface area contributed by atoms with Crippen LogP contribution in [0.15, 0.2) is 0 Å². The molecule has 1 rings (SSSR count). The predicted octanol–water partition coefficient (Wildman–Crippen LogP) is 0.872. The number of carbonyl (C=O) groups excluding carboxylic acids is 1. The van der Waals surface area contributed by atoms with E-state index in [2.05, 4.69) is 10.6 Å². The molecule has 3 N–H and O–H groups in total. The van der Waals surface area contributed by atoms with Gasteiger partial charge in [-0.15, -0.1) is 0 Å². The number of rotatable bonds is 6. The van der Waals surface area contributed by atoms with Crippen LogP contribution >= 0.6 is 0 Å². The van der Waals surface area contributed by atoms with E-state index in [1.54, 1.807) is 0 Å². The molecule has 0 radical (unpaired) electrons. The summed E-state index contributed by atoms with van der Waals surface area (Å²) in [6.07, 6.45) is 2.26. The lowest BCUT2D eigenvalue weighted by atomic mass is 9.97. The number of carbonyl (C=O) groups is 1. The Morgan fingerprint density at radius 1 is 1.47 bits per heavy atom. The predicted molar refractivity (Wildman–Crippen MR) is 65.8 cm³/mol. The molecule has 17 heavy (non-hydrogen) atoms. The molecule has 1 fully saturated rings. The molecule has 1 heterocycles. The van der Waals surface area contributed by atoms with E-state index in [4.69, 9.17) is 4.74 Å². The third-order valence-corrected chi connectivity index (χ3v) is 3.33. The Kier molecular flexibility index (Phi) is 6.29. The van der Waals surface area contributed by atoms with Crippen molar-refractivity contribution in [2.75, 3.05) is 19.8 Å². The summed E-state index contributed by atoms with van der Waals surface area (Å²) < 4.78 is 5.16. The first-order chi connectivity index (χ1) is 8.17. The minimum Gasteiger partial charge on any atom is -0.391 e. The van der Waals surface area contributed by atoms with E-state index in [0.29, 0.717) is 19.8 Å². The summed E-state index contributed by atoms with van der Waals surface area (Å²) in [5, 5.41) is 15.4. The summed E-state index contributed by atoms with van der Waals surface area (Å²) in [5.74, 6) is 0.255. The van der Waals surface area contributed by atoms with E-state index in [1.165, 1.54) is 0 Å². The Labute approximate surface area is 103 Å². The van der Waals surface area contributed by atoms with E-state index in [-0.39, 0.29) is 18.0 Å². The van der Waals surface area contributed by atoms with Crippen LogP contribution in [0.4, 0.5) is 4.79 Å². The summed E-state index contributed by atoms with van der Waals surface area (Å²) in [4.78, 5) is 11.5. The van der Waals surface area contributed by atoms with E-state index >= 15 is 0 Å². The molecule has 0 bridgehead atoms. The molecular weight excluding hydrogens is 220 g/mol. The first-order valence-corrected chi connectivity index (χ1v) is 6.47. The van der Waals surface area contributed by atoms with Gasteiger partial charge in [0, 0.05) is 13.2 Å². The molecule has 2 unspecified atom stereocenters. The zero-order chi connectivity index (χ0) is 12.7. The van der Waals surface area contributed by atoms with Crippen molar-refractivity contribution in [1.82, 2.24) is 10.6 Å². The zero-order valence-corrected chi connectivity index (χ0v) is 10.7. The largest absolute Gasteiger partial charge is 0.391 e. The van der Waals surface area contributed by atoms with Gasteiger partial charge >= 0.3 is 6.03 Å². The molecule has 5 heteroatoms. The maximum absolute atomic E-state index is 11.5. The van der Waals surface area contributed by atoms with Crippen molar-refractivity contribution >= 4 is 6.03 Å². The number of aliphatic hydroxyl groups is 1. The third kappa shape index (κ3) is 4.91. The van der Waals surface area contributed by atoms with Crippen molar-refractivity contribution in [2.24, 2.45) is 5.92 Å². The average molecular weight is 244 g/mol. The van der Waals surface area contributed by atoms with Crippen molar-refractivity contribution in [1.29, 1.82) is 0 Å². The van der Waals surface area contributed by atoms with Gasteiger partial charge in [0.1, 0.15) is 0 Å². The average Bonchev–Trinajstić information content (AvgIpc) is 2.81. The highest BCUT2D eigenvalue weighted by Gasteiger charge is 2.19. The molecule has 2 atom stereocenters. The molecular formula is C12H24N2O3. The monoisotopic (exact) mass is 244 g/mol. The Balaban J connectivity index is 2.17. The standard InChI is InChI=1S/C12H24N2O3/c1-3-9(4-2)11(15)7-13-12(16)14-10-5-6-17-8-10/h9-11,15H,3-8H2,1-2H3,(H2,13,14,16). The van der Waals surface area contributed by atoms with Crippen LogP contribution in [0.5, 0.6) is 0 Å². The molecule has 0 spiro atoms. The van der Waals surface area contributed by atoms with Crippen LogP contribution in [-0.2, 0) is 4.74 Å². The van der Waals surface area contributed by atoms with Crippen LogP contribution in [0.25, 0.3) is 0 Å². The first kappa shape index (κ1) is 14.3. The van der Waals surface area contributed by atoms with Gasteiger partial charge in [0.05, 0.1) is 18.8 Å².